The van der Waals surface area contributed by atoms with Crippen molar-refractivity contribution in [3.05, 3.63) is 45.3 Å². The standard InChI is InChI=1S/C19H20ClNO6S/c1-4-25-18(23)15-11(3)16(19(24)26-5-2)28-17(15)21-14(22)10-27-13-8-6-7-12(20)9-13/h6-9H,4-5,10H2,1-3H3,(H,21,22). The van der Waals surface area contributed by atoms with E-state index in [1.54, 1.807) is 45.0 Å². The molecule has 0 radical (unpaired) electrons. The molecule has 0 unspecified atom stereocenters. The second-order valence-electron chi connectivity index (χ2n) is 5.50. The summed E-state index contributed by atoms with van der Waals surface area (Å²) in [4.78, 5) is 37.0. The van der Waals surface area contributed by atoms with Gasteiger partial charge in [0.25, 0.3) is 5.91 Å². The summed E-state index contributed by atoms with van der Waals surface area (Å²) < 4.78 is 15.4. The quantitative estimate of drug-likeness (QED) is 0.641. The van der Waals surface area contributed by atoms with Crippen molar-refractivity contribution in [2.45, 2.75) is 20.8 Å². The van der Waals surface area contributed by atoms with Crippen LogP contribution in [0.3, 0.4) is 0 Å². The summed E-state index contributed by atoms with van der Waals surface area (Å²) in [6.07, 6.45) is 0. The molecule has 0 aliphatic heterocycles. The Bertz CT molecular complexity index is 879. The summed E-state index contributed by atoms with van der Waals surface area (Å²) in [7, 11) is 0. The molecule has 1 N–H and O–H groups in total. The van der Waals surface area contributed by atoms with Crippen LogP contribution >= 0.6 is 22.9 Å². The molecular weight excluding hydrogens is 406 g/mol. The Labute approximate surface area is 171 Å². The largest absolute Gasteiger partial charge is 0.484 e. The zero-order valence-electron chi connectivity index (χ0n) is 15.7. The normalized spacial score (nSPS) is 10.3. The molecule has 150 valence electrons. The molecule has 0 saturated carbocycles. The van der Waals surface area contributed by atoms with Crippen LogP contribution in [0.15, 0.2) is 24.3 Å². The van der Waals surface area contributed by atoms with Crippen LogP contribution in [0, 0.1) is 6.92 Å². The van der Waals surface area contributed by atoms with Gasteiger partial charge in [0, 0.05) is 5.02 Å². The number of esters is 2. The van der Waals surface area contributed by atoms with E-state index in [0.29, 0.717) is 16.3 Å². The first-order valence-corrected chi connectivity index (χ1v) is 9.72. The van der Waals surface area contributed by atoms with E-state index < -0.39 is 17.8 Å². The summed E-state index contributed by atoms with van der Waals surface area (Å²) in [5.74, 6) is -1.26. The van der Waals surface area contributed by atoms with E-state index in [-0.39, 0.29) is 35.3 Å². The van der Waals surface area contributed by atoms with E-state index in [1.807, 2.05) is 0 Å². The Hall–Kier alpha value is -2.58. The van der Waals surface area contributed by atoms with Crippen molar-refractivity contribution in [2.24, 2.45) is 0 Å². The van der Waals surface area contributed by atoms with Crippen LogP contribution in [0.5, 0.6) is 5.75 Å². The molecule has 0 atom stereocenters. The molecule has 1 aromatic heterocycles. The number of nitrogens with one attached hydrogen (secondary N) is 1. The lowest BCUT2D eigenvalue weighted by molar-refractivity contribution is -0.118. The van der Waals surface area contributed by atoms with E-state index in [9.17, 15) is 14.4 Å². The lowest BCUT2D eigenvalue weighted by atomic mass is 10.1. The maximum atomic E-state index is 12.3. The minimum absolute atomic E-state index is 0.131. The van der Waals surface area contributed by atoms with Crippen LogP contribution in [0.1, 0.15) is 39.4 Å². The van der Waals surface area contributed by atoms with Gasteiger partial charge in [0.2, 0.25) is 0 Å². The number of ether oxygens (including phenoxy) is 3. The van der Waals surface area contributed by atoms with Crippen LogP contribution in [0.4, 0.5) is 5.00 Å². The van der Waals surface area contributed by atoms with Gasteiger partial charge in [0.15, 0.2) is 6.61 Å². The molecule has 2 rings (SSSR count). The summed E-state index contributed by atoms with van der Waals surface area (Å²) in [6, 6.07) is 6.62. The molecular formula is C19H20ClNO6S. The van der Waals surface area contributed by atoms with Crippen molar-refractivity contribution in [2.75, 3.05) is 25.1 Å². The Morgan fingerprint density at radius 2 is 1.79 bits per heavy atom. The lowest BCUT2D eigenvalue weighted by Crippen LogP contribution is -2.21. The predicted molar refractivity (Wildman–Crippen MR) is 107 cm³/mol. The number of thiophene rings is 1. The van der Waals surface area contributed by atoms with Crippen molar-refractivity contribution in [1.82, 2.24) is 0 Å². The molecule has 28 heavy (non-hydrogen) atoms. The summed E-state index contributed by atoms with van der Waals surface area (Å²) in [6.45, 7) is 5.02. The maximum Gasteiger partial charge on any atom is 0.348 e. The third-order valence-corrected chi connectivity index (χ3v) is 4.93. The number of hydrogen-bond donors (Lipinski definition) is 1. The van der Waals surface area contributed by atoms with E-state index in [0.717, 1.165) is 11.3 Å². The number of amides is 1. The minimum atomic E-state index is -0.627. The number of carbonyl (C=O) groups excluding carboxylic acids is 3. The molecule has 7 nitrogen and oxygen atoms in total. The third-order valence-electron chi connectivity index (χ3n) is 3.51. The topological polar surface area (TPSA) is 90.9 Å². The van der Waals surface area contributed by atoms with Gasteiger partial charge in [0.1, 0.15) is 15.6 Å². The first-order chi connectivity index (χ1) is 13.4. The SMILES string of the molecule is CCOC(=O)c1sc(NC(=O)COc2cccc(Cl)c2)c(C(=O)OCC)c1C. The molecule has 2 aromatic rings. The Kier molecular flexibility index (Phi) is 7.83. The molecule has 0 fully saturated rings. The molecule has 1 heterocycles. The summed E-state index contributed by atoms with van der Waals surface area (Å²) in [5, 5.41) is 3.29. The number of halogens is 1. The molecule has 0 saturated heterocycles. The molecule has 9 heteroatoms. The van der Waals surface area contributed by atoms with Gasteiger partial charge in [0.05, 0.1) is 18.8 Å². The van der Waals surface area contributed by atoms with Gasteiger partial charge >= 0.3 is 11.9 Å². The fourth-order valence-corrected chi connectivity index (χ4v) is 3.60. The van der Waals surface area contributed by atoms with Crippen LogP contribution in [0.2, 0.25) is 5.02 Å². The highest BCUT2D eigenvalue weighted by molar-refractivity contribution is 7.18. The molecule has 1 amide bonds. The third kappa shape index (κ3) is 5.46. The maximum absolute atomic E-state index is 12.3. The highest BCUT2D eigenvalue weighted by Crippen LogP contribution is 2.34. The Balaban J connectivity index is 2.19. The number of anilines is 1. The van der Waals surface area contributed by atoms with Crippen LogP contribution in [0.25, 0.3) is 0 Å². The number of rotatable bonds is 8. The summed E-state index contributed by atoms with van der Waals surface area (Å²) in [5.41, 5.74) is 0.527. The van der Waals surface area contributed by atoms with Gasteiger partial charge in [-0.25, -0.2) is 9.59 Å². The van der Waals surface area contributed by atoms with Gasteiger partial charge in [-0.15, -0.1) is 11.3 Å². The highest BCUT2D eigenvalue weighted by atomic mass is 35.5. The van der Waals surface area contributed by atoms with E-state index in [4.69, 9.17) is 25.8 Å². The summed E-state index contributed by atoms with van der Waals surface area (Å²) >= 11 is 6.83. The van der Waals surface area contributed by atoms with Gasteiger partial charge in [-0.2, -0.15) is 0 Å². The average molecular weight is 426 g/mol. The second-order valence-corrected chi connectivity index (χ2v) is 6.95. The second kappa shape index (κ2) is 10.1. The first-order valence-electron chi connectivity index (χ1n) is 8.53. The average Bonchev–Trinajstić information content (AvgIpc) is 2.96. The number of hydrogen-bond acceptors (Lipinski definition) is 7. The first kappa shape index (κ1) is 21.7. The van der Waals surface area contributed by atoms with E-state index in [1.165, 1.54) is 0 Å². The predicted octanol–water partition coefficient (Wildman–Crippen LogP) is 4.08. The van der Waals surface area contributed by atoms with Crippen molar-refractivity contribution in [3.63, 3.8) is 0 Å². The minimum Gasteiger partial charge on any atom is -0.484 e. The number of carbonyl (C=O) groups is 3. The Morgan fingerprint density at radius 3 is 2.43 bits per heavy atom. The number of benzene rings is 1. The van der Waals surface area contributed by atoms with Crippen LogP contribution in [-0.4, -0.2) is 37.7 Å². The molecule has 0 aliphatic rings. The van der Waals surface area contributed by atoms with Crippen molar-refractivity contribution in [1.29, 1.82) is 0 Å². The fraction of sp³-hybridized carbons (Fsp3) is 0.316. The van der Waals surface area contributed by atoms with Gasteiger partial charge < -0.3 is 19.5 Å². The van der Waals surface area contributed by atoms with Gasteiger partial charge in [-0.05, 0) is 44.5 Å². The molecule has 0 aliphatic carbocycles. The fourth-order valence-electron chi connectivity index (χ4n) is 2.31. The smallest absolute Gasteiger partial charge is 0.348 e. The van der Waals surface area contributed by atoms with E-state index in [2.05, 4.69) is 5.32 Å². The van der Waals surface area contributed by atoms with Crippen LogP contribution in [-0.2, 0) is 14.3 Å². The van der Waals surface area contributed by atoms with Crippen molar-refractivity contribution < 1.29 is 28.6 Å². The van der Waals surface area contributed by atoms with Crippen molar-refractivity contribution >= 4 is 45.8 Å². The molecule has 0 spiro atoms. The van der Waals surface area contributed by atoms with Gasteiger partial charge in [-0.3, -0.25) is 4.79 Å². The van der Waals surface area contributed by atoms with E-state index >= 15 is 0 Å². The Morgan fingerprint density at radius 1 is 1.11 bits per heavy atom. The van der Waals surface area contributed by atoms with Crippen molar-refractivity contribution in [3.8, 4) is 5.75 Å². The monoisotopic (exact) mass is 425 g/mol. The van der Waals surface area contributed by atoms with Gasteiger partial charge in [-0.1, -0.05) is 17.7 Å². The zero-order chi connectivity index (χ0) is 20.7. The molecule has 0 bridgehead atoms. The van der Waals surface area contributed by atoms with Crippen LogP contribution < -0.4 is 10.1 Å². The molecule has 1 aromatic carbocycles. The highest BCUT2D eigenvalue weighted by Gasteiger charge is 2.27. The lowest BCUT2D eigenvalue weighted by Gasteiger charge is -2.08. The zero-order valence-corrected chi connectivity index (χ0v) is 17.2.